The smallest absolute Gasteiger partial charge is 0.138 e. The lowest BCUT2D eigenvalue weighted by Crippen LogP contribution is -2.29. The average Bonchev–Trinajstić information content (AvgIpc) is 2.91. The lowest BCUT2D eigenvalue weighted by molar-refractivity contribution is 0.722. The molecular formula is C13H16N6. The van der Waals surface area contributed by atoms with E-state index in [9.17, 15) is 0 Å². The number of nitrogens with zero attached hydrogens (tertiary/aromatic N) is 4. The number of aromatic nitrogens is 3. The van der Waals surface area contributed by atoms with E-state index in [1.54, 1.807) is 13.8 Å². The van der Waals surface area contributed by atoms with Crippen molar-refractivity contribution in [2.24, 2.45) is 0 Å². The summed E-state index contributed by atoms with van der Waals surface area (Å²) in [5, 5.41) is 12.1. The van der Waals surface area contributed by atoms with Crippen LogP contribution in [0.25, 0.3) is 0 Å². The van der Waals surface area contributed by atoms with Crippen molar-refractivity contribution in [2.45, 2.75) is 19.4 Å². The minimum atomic E-state index is -0.668. The van der Waals surface area contributed by atoms with Gasteiger partial charge in [0.15, 0.2) is 0 Å². The second-order valence-corrected chi connectivity index (χ2v) is 4.75. The minimum absolute atomic E-state index is 0.624. The highest BCUT2D eigenvalue weighted by atomic mass is 15.2. The molecule has 0 aliphatic carbocycles. The fourth-order valence-electron chi connectivity index (χ4n) is 1.60. The van der Waals surface area contributed by atoms with Crippen LogP contribution >= 0.6 is 0 Å². The Morgan fingerprint density at radius 2 is 2.21 bits per heavy atom. The third-order valence-corrected chi connectivity index (χ3v) is 2.69. The van der Waals surface area contributed by atoms with Gasteiger partial charge in [0.2, 0.25) is 0 Å². The van der Waals surface area contributed by atoms with E-state index in [1.165, 1.54) is 6.33 Å². The van der Waals surface area contributed by atoms with Gasteiger partial charge in [-0.05, 0) is 19.9 Å². The van der Waals surface area contributed by atoms with Crippen molar-refractivity contribution < 1.29 is 0 Å². The largest absolute Gasteiger partial charge is 0.366 e. The van der Waals surface area contributed by atoms with E-state index < -0.39 is 5.54 Å². The van der Waals surface area contributed by atoms with Crippen LogP contribution in [0.2, 0.25) is 0 Å². The first-order valence-electron chi connectivity index (χ1n) is 5.90. The number of hydrogen-bond acceptors (Lipinski definition) is 5. The van der Waals surface area contributed by atoms with Crippen molar-refractivity contribution in [3.8, 4) is 6.07 Å². The molecule has 0 amide bonds. The summed E-state index contributed by atoms with van der Waals surface area (Å²) in [5.41, 5.74) is 0.336. The third kappa shape index (κ3) is 3.01. The van der Waals surface area contributed by atoms with Crippen LogP contribution in [0, 0.1) is 11.3 Å². The topological polar surface area (TPSA) is 80.6 Å². The monoisotopic (exact) mass is 256 g/mol. The van der Waals surface area contributed by atoms with Gasteiger partial charge in [0, 0.05) is 25.5 Å². The molecule has 0 unspecified atom stereocenters. The van der Waals surface area contributed by atoms with Crippen LogP contribution in [-0.2, 0) is 0 Å². The zero-order chi connectivity index (χ0) is 13.9. The highest BCUT2D eigenvalue weighted by Gasteiger charge is 2.17. The molecule has 0 atom stereocenters. The Morgan fingerprint density at radius 3 is 2.84 bits per heavy atom. The number of nitriles is 1. The van der Waals surface area contributed by atoms with Gasteiger partial charge in [-0.1, -0.05) is 0 Å². The van der Waals surface area contributed by atoms with Gasteiger partial charge < -0.3 is 15.2 Å². The molecule has 2 N–H and O–H groups in total. The maximum atomic E-state index is 9.01. The molecule has 0 aliphatic rings. The molecule has 6 nitrogen and oxygen atoms in total. The summed E-state index contributed by atoms with van der Waals surface area (Å²) in [6.07, 6.45) is 5.22. The van der Waals surface area contributed by atoms with E-state index in [-0.39, 0.29) is 0 Å². The van der Waals surface area contributed by atoms with E-state index in [4.69, 9.17) is 5.26 Å². The normalized spacial score (nSPS) is 10.8. The first-order chi connectivity index (χ1) is 9.02. The van der Waals surface area contributed by atoms with Gasteiger partial charge in [-0.2, -0.15) is 5.26 Å². The van der Waals surface area contributed by atoms with Gasteiger partial charge in [-0.25, -0.2) is 9.97 Å². The van der Waals surface area contributed by atoms with Crippen LogP contribution in [-0.4, -0.2) is 27.5 Å². The molecule has 19 heavy (non-hydrogen) atoms. The van der Waals surface area contributed by atoms with Crippen LogP contribution < -0.4 is 10.2 Å². The van der Waals surface area contributed by atoms with Crippen LogP contribution in [0.5, 0.6) is 0 Å². The average molecular weight is 256 g/mol. The number of H-pyrrole nitrogens is 1. The summed E-state index contributed by atoms with van der Waals surface area (Å²) in [5.74, 6) is 1.38. The Hall–Kier alpha value is -2.55. The van der Waals surface area contributed by atoms with Gasteiger partial charge in [0.05, 0.1) is 11.8 Å². The molecule has 0 saturated carbocycles. The fraction of sp³-hybridized carbons (Fsp3) is 0.308. The van der Waals surface area contributed by atoms with Crippen molar-refractivity contribution in [2.75, 3.05) is 17.3 Å². The number of rotatable bonds is 4. The molecule has 0 saturated heterocycles. The lowest BCUT2D eigenvalue weighted by atomic mass is 10.1. The van der Waals surface area contributed by atoms with Crippen molar-refractivity contribution in [3.63, 3.8) is 0 Å². The zero-order valence-electron chi connectivity index (χ0n) is 11.2. The van der Waals surface area contributed by atoms with Crippen molar-refractivity contribution in [1.82, 2.24) is 15.0 Å². The van der Waals surface area contributed by atoms with E-state index in [0.717, 1.165) is 11.5 Å². The second kappa shape index (κ2) is 4.98. The molecule has 2 aromatic rings. The first-order valence-corrected chi connectivity index (χ1v) is 5.90. The highest BCUT2D eigenvalue weighted by molar-refractivity contribution is 5.61. The predicted octanol–water partition coefficient (Wildman–Crippen LogP) is 2.29. The molecule has 0 radical (unpaired) electrons. The Morgan fingerprint density at radius 1 is 1.42 bits per heavy atom. The van der Waals surface area contributed by atoms with Crippen molar-refractivity contribution in [3.05, 3.63) is 30.9 Å². The minimum Gasteiger partial charge on any atom is -0.366 e. The molecule has 98 valence electrons. The SMILES string of the molecule is CN(c1cc[nH]c1)c1cc(NC(C)(C)C#N)ncn1. The Bertz CT molecular complexity index is 581. The van der Waals surface area contributed by atoms with Gasteiger partial charge in [0.1, 0.15) is 23.5 Å². The molecule has 0 fully saturated rings. The van der Waals surface area contributed by atoms with Crippen LogP contribution in [0.15, 0.2) is 30.9 Å². The number of anilines is 3. The number of hydrogen-bond donors (Lipinski definition) is 2. The summed E-state index contributed by atoms with van der Waals surface area (Å²) in [6.45, 7) is 3.59. The predicted molar refractivity (Wildman–Crippen MR) is 74.2 cm³/mol. The third-order valence-electron chi connectivity index (χ3n) is 2.69. The molecule has 0 aliphatic heterocycles. The molecule has 0 bridgehead atoms. The standard InChI is InChI=1S/C13H16N6/c1-13(2,8-14)18-11-6-12(17-9-16-11)19(3)10-4-5-15-7-10/h4-7,9,15H,1-3H3,(H,16,17,18). The zero-order valence-corrected chi connectivity index (χ0v) is 11.2. The molecule has 6 heteroatoms. The maximum absolute atomic E-state index is 9.01. The molecule has 0 spiro atoms. The quantitative estimate of drug-likeness (QED) is 0.877. The number of nitrogens with one attached hydrogen (secondary N) is 2. The summed E-state index contributed by atoms with van der Waals surface area (Å²) >= 11 is 0. The summed E-state index contributed by atoms with van der Waals surface area (Å²) in [4.78, 5) is 13.3. The van der Waals surface area contributed by atoms with Gasteiger partial charge in [0.25, 0.3) is 0 Å². The highest BCUT2D eigenvalue weighted by Crippen LogP contribution is 2.23. The van der Waals surface area contributed by atoms with E-state index >= 15 is 0 Å². The Balaban J connectivity index is 2.23. The number of aromatic amines is 1. The van der Waals surface area contributed by atoms with Gasteiger partial charge in [-0.3, -0.25) is 0 Å². The van der Waals surface area contributed by atoms with Crippen LogP contribution in [0.4, 0.5) is 17.3 Å². The summed E-state index contributed by atoms with van der Waals surface area (Å²) in [7, 11) is 1.92. The maximum Gasteiger partial charge on any atom is 0.138 e. The molecule has 2 heterocycles. The fourth-order valence-corrected chi connectivity index (χ4v) is 1.60. The van der Waals surface area contributed by atoms with E-state index in [2.05, 4.69) is 26.3 Å². The van der Waals surface area contributed by atoms with E-state index in [0.29, 0.717) is 5.82 Å². The first kappa shape index (κ1) is 12.9. The summed E-state index contributed by atoms with van der Waals surface area (Å²) in [6, 6.07) is 5.94. The molecular weight excluding hydrogens is 240 g/mol. The molecule has 0 aromatic carbocycles. The lowest BCUT2D eigenvalue weighted by Gasteiger charge is -2.20. The van der Waals surface area contributed by atoms with Crippen LogP contribution in [0.3, 0.4) is 0 Å². The van der Waals surface area contributed by atoms with Gasteiger partial charge >= 0.3 is 0 Å². The molecule has 2 rings (SSSR count). The van der Waals surface area contributed by atoms with Crippen LogP contribution in [0.1, 0.15) is 13.8 Å². The van der Waals surface area contributed by atoms with Crippen molar-refractivity contribution in [1.29, 1.82) is 5.26 Å². The molecule has 2 aromatic heterocycles. The second-order valence-electron chi connectivity index (χ2n) is 4.75. The van der Waals surface area contributed by atoms with E-state index in [1.807, 2.05) is 36.5 Å². The van der Waals surface area contributed by atoms with Gasteiger partial charge in [-0.15, -0.1) is 0 Å². The summed E-state index contributed by atoms with van der Waals surface area (Å²) < 4.78 is 0. The van der Waals surface area contributed by atoms with Crippen molar-refractivity contribution >= 4 is 17.3 Å². The Kier molecular flexibility index (Phi) is 3.38. The Labute approximate surface area is 112 Å².